The van der Waals surface area contributed by atoms with Gasteiger partial charge in [0.05, 0.1) is 0 Å². The summed E-state index contributed by atoms with van der Waals surface area (Å²) in [6.07, 6.45) is 30.0. The number of hydrogen-bond acceptors (Lipinski definition) is 1. The largest absolute Gasteiger partial charge is 0.227 e. The normalized spacial score (nSPS) is 11.2. The molecule has 0 aromatic heterocycles. The maximum absolute atomic E-state index is 4.80. The molecule has 0 amide bonds. The van der Waals surface area contributed by atoms with Crippen molar-refractivity contribution in [3.63, 3.8) is 0 Å². The molecular weight excluding hydrogens is 319 g/mol. The van der Waals surface area contributed by atoms with Gasteiger partial charge in [-0.15, -0.1) is 0 Å². The molecule has 2 heteroatoms. The predicted molar refractivity (Wildman–Crippen MR) is 123 cm³/mol. The van der Waals surface area contributed by atoms with Gasteiger partial charge in [-0.3, -0.25) is 0 Å². The van der Waals surface area contributed by atoms with Crippen LogP contribution in [0.3, 0.4) is 0 Å². The summed E-state index contributed by atoms with van der Waals surface area (Å²) in [7, 11) is 0. The Kier molecular flexibility index (Phi) is 22.8. The Morgan fingerprint density at radius 3 is 0.920 bits per heavy atom. The fourth-order valence-corrected chi connectivity index (χ4v) is 4.07. The lowest BCUT2D eigenvalue weighted by Gasteiger charge is -2.07. The second-order valence-corrected chi connectivity index (χ2v) is 8.97. The van der Waals surface area contributed by atoms with Crippen LogP contribution in [0.5, 0.6) is 0 Å². The highest BCUT2D eigenvalue weighted by molar-refractivity contribution is 8.10. The van der Waals surface area contributed by atoms with E-state index >= 15 is 0 Å². The molecule has 0 heterocycles. The Labute approximate surface area is 167 Å². The SMILES string of the molecule is CCCCCCCCCCCCB(S)CCCCCCCCCCC. The van der Waals surface area contributed by atoms with Gasteiger partial charge in [-0.1, -0.05) is 148 Å². The van der Waals surface area contributed by atoms with Crippen LogP contribution in [0.25, 0.3) is 0 Å². The monoisotopic (exact) mass is 368 g/mol. The van der Waals surface area contributed by atoms with Crippen LogP contribution < -0.4 is 0 Å². The lowest BCUT2D eigenvalue weighted by atomic mass is 9.66. The topological polar surface area (TPSA) is 0 Å². The molecule has 0 atom stereocenters. The van der Waals surface area contributed by atoms with Crippen LogP contribution in [-0.2, 0) is 0 Å². The van der Waals surface area contributed by atoms with Crippen molar-refractivity contribution in [3.05, 3.63) is 0 Å². The van der Waals surface area contributed by atoms with Crippen LogP contribution >= 0.6 is 12.5 Å². The molecule has 0 aliphatic carbocycles. The molecule has 0 unspecified atom stereocenters. The quantitative estimate of drug-likeness (QED) is 0.116. The van der Waals surface area contributed by atoms with E-state index < -0.39 is 0 Å². The van der Waals surface area contributed by atoms with Crippen molar-refractivity contribution in [2.45, 2.75) is 148 Å². The van der Waals surface area contributed by atoms with Gasteiger partial charge < -0.3 is 0 Å². The molecule has 0 saturated carbocycles. The fourth-order valence-electron chi connectivity index (χ4n) is 3.70. The van der Waals surface area contributed by atoms with Crippen LogP contribution in [-0.4, -0.2) is 5.99 Å². The highest BCUT2D eigenvalue weighted by atomic mass is 32.1. The van der Waals surface area contributed by atoms with E-state index in [0.717, 1.165) is 0 Å². The van der Waals surface area contributed by atoms with Gasteiger partial charge in [0.2, 0.25) is 5.99 Å². The van der Waals surface area contributed by atoms with Gasteiger partial charge in [-0.2, -0.15) is 0 Å². The Hall–Kier alpha value is 0.415. The Bertz CT molecular complexity index is 232. The summed E-state index contributed by atoms with van der Waals surface area (Å²) in [6, 6.07) is 0. The van der Waals surface area contributed by atoms with Crippen molar-refractivity contribution in [1.82, 2.24) is 0 Å². The molecule has 0 aliphatic rings. The van der Waals surface area contributed by atoms with E-state index in [1.807, 2.05) is 0 Å². The molecular formula is C23H49BS. The maximum atomic E-state index is 4.80. The first-order valence-corrected chi connectivity index (χ1v) is 12.5. The summed E-state index contributed by atoms with van der Waals surface area (Å²) in [6.45, 7) is 4.59. The van der Waals surface area contributed by atoms with Crippen molar-refractivity contribution in [2.24, 2.45) is 0 Å². The minimum absolute atomic E-state index is 0.665. The second-order valence-electron chi connectivity index (χ2n) is 8.24. The van der Waals surface area contributed by atoms with Crippen molar-refractivity contribution in [3.8, 4) is 0 Å². The Morgan fingerprint density at radius 1 is 0.400 bits per heavy atom. The number of rotatable bonds is 21. The molecule has 0 aromatic carbocycles. The first-order valence-electron chi connectivity index (χ1n) is 12.0. The average Bonchev–Trinajstić information content (AvgIpc) is 2.62. The molecule has 0 bridgehead atoms. The smallest absolute Gasteiger partial charge is 0.205 e. The molecule has 0 nitrogen and oxygen atoms in total. The molecule has 25 heavy (non-hydrogen) atoms. The molecule has 0 aliphatic heterocycles. The van der Waals surface area contributed by atoms with E-state index in [1.165, 1.54) is 135 Å². The van der Waals surface area contributed by atoms with Crippen molar-refractivity contribution in [2.75, 3.05) is 0 Å². The molecule has 0 N–H and O–H groups in total. The Morgan fingerprint density at radius 2 is 0.640 bits per heavy atom. The van der Waals surface area contributed by atoms with E-state index in [2.05, 4.69) is 13.8 Å². The summed E-state index contributed by atoms with van der Waals surface area (Å²) in [4.78, 5) is 0. The molecule has 0 spiro atoms. The first-order chi connectivity index (χ1) is 12.3. The zero-order valence-corrected chi connectivity index (χ0v) is 18.8. The molecule has 0 aromatic rings. The minimum Gasteiger partial charge on any atom is -0.227 e. The van der Waals surface area contributed by atoms with Gasteiger partial charge in [0.1, 0.15) is 0 Å². The maximum Gasteiger partial charge on any atom is 0.205 e. The van der Waals surface area contributed by atoms with Crippen molar-refractivity contribution in [1.29, 1.82) is 0 Å². The van der Waals surface area contributed by atoms with Crippen LogP contribution in [0.1, 0.15) is 136 Å². The van der Waals surface area contributed by atoms with Gasteiger partial charge in [0, 0.05) is 0 Å². The van der Waals surface area contributed by atoms with E-state index in [0.29, 0.717) is 5.99 Å². The summed E-state index contributed by atoms with van der Waals surface area (Å²) >= 11 is 4.80. The first kappa shape index (κ1) is 25.4. The summed E-state index contributed by atoms with van der Waals surface area (Å²) in [5.74, 6) is 0.665. The highest BCUT2D eigenvalue weighted by Gasteiger charge is 2.07. The van der Waals surface area contributed by atoms with E-state index in [-0.39, 0.29) is 0 Å². The summed E-state index contributed by atoms with van der Waals surface area (Å²) in [5.41, 5.74) is 0. The molecule has 0 fully saturated rings. The number of hydrogen-bond donors (Lipinski definition) is 1. The highest BCUT2D eigenvalue weighted by Crippen LogP contribution is 2.17. The zero-order valence-electron chi connectivity index (χ0n) is 17.9. The van der Waals surface area contributed by atoms with Crippen LogP contribution in [0.4, 0.5) is 0 Å². The zero-order chi connectivity index (χ0) is 18.4. The lowest BCUT2D eigenvalue weighted by molar-refractivity contribution is 0.561. The minimum atomic E-state index is 0.665. The summed E-state index contributed by atoms with van der Waals surface area (Å²) < 4.78 is 0. The van der Waals surface area contributed by atoms with Gasteiger partial charge in [0.25, 0.3) is 0 Å². The van der Waals surface area contributed by atoms with Crippen molar-refractivity contribution >= 4 is 18.5 Å². The van der Waals surface area contributed by atoms with E-state index in [4.69, 9.17) is 12.5 Å². The number of thiol groups is 1. The van der Waals surface area contributed by atoms with Crippen molar-refractivity contribution < 1.29 is 0 Å². The van der Waals surface area contributed by atoms with Crippen LogP contribution in [0.2, 0.25) is 12.6 Å². The standard InChI is InChI=1S/C23H49BS/c1-3-5-7-9-11-13-15-17-19-21-23-24(25)22-20-18-16-14-12-10-8-6-4-2/h25H,3-23H2,1-2H3. The summed E-state index contributed by atoms with van der Waals surface area (Å²) in [5, 5.41) is 0. The molecule has 0 radical (unpaired) electrons. The van der Waals surface area contributed by atoms with Crippen LogP contribution in [0, 0.1) is 0 Å². The molecule has 150 valence electrons. The molecule has 0 rings (SSSR count). The van der Waals surface area contributed by atoms with Crippen LogP contribution in [0.15, 0.2) is 0 Å². The van der Waals surface area contributed by atoms with Gasteiger partial charge >= 0.3 is 0 Å². The predicted octanol–water partition coefficient (Wildman–Crippen LogP) is 9.36. The third-order valence-corrected chi connectivity index (χ3v) is 6.05. The molecule has 0 saturated heterocycles. The second kappa shape index (κ2) is 22.5. The average molecular weight is 369 g/mol. The van der Waals surface area contributed by atoms with Gasteiger partial charge in [0.15, 0.2) is 0 Å². The third kappa shape index (κ3) is 22.4. The number of unbranched alkanes of at least 4 members (excludes halogenated alkanes) is 17. The fraction of sp³-hybridized carbons (Fsp3) is 1.00. The van der Waals surface area contributed by atoms with Gasteiger partial charge in [-0.05, 0) is 0 Å². The lowest BCUT2D eigenvalue weighted by Crippen LogP contribution is -2.02. The van der Waals surface area contributed by atoms with E-state index in [9.17, 15) is 0 Å². The Balaban J connectivity index is 3.12. The van der Waals surface area contributed by atoms with Gasteiger partial charge in [-0.25, -0.2) is 12.5 Å². The third-order valence-electron chi connectivity index (χ3n) is 5.53. The van der Waals surface area contributed by atoms with E-state index in [1.54, 1.807) is 0 Å².